The standard InChI is InChI=1S/C14H18BrNO4S/c1-19-7-8-21-9-12(17)16-13(14(18)20-2)10-3-5-11(15)6-4-10/h3-6,13H,7-9H2,1-2H3,(H,16,17)/t13-/m1/s1. The van der Waals surface area contributed by atoms with E-state index in [1.807, 2.05) is 12.1 Å². The van der Waals surface area contributed by atoms with Crippen LogP contribution in [0.4, 0.5) is 0 Å². The van der Waals surface area contributed by atoms with Crippen LogP contribution in [-0.2, 0) is 19.1 Å². The zero-order valence-corrected chi connectivity index (χ0v) is 14.3. The zero-order chi connectivity index (χ0) is 15.7. The first-order valence-electron chi connectivity index (χ1n) is 6.27. The number of hydrogen-bond donors (Lipinski definition) is 1. The molecule has 7 heteroatoms. The summed E-state index contributed by atoms with van der Waals surface area (Å²) >= 11 is 4.78. The summed E-state index contributed by atoms with van der Waals surface area (Å²) in [4.78, 5) is 23.7. The molecule has 5 nitrogen and oxygen atoms in total. The van der Waals surface area contributed by atoms with Crippen LogP contribution in [0.25, 0.3) is 0 Å². The topological polar surface area (TPSA) is 64.6 Å². The van der Waals surface area contributed by atoms with E-state index in [0.29, 0.717) is 12.2 Å². The third-order valence-electron chi connectivity index (χ3n) is 2.61. The van der Waals surface area contributed by atoms with Crippen molar-refractivity contribution in [2.24, 2.45) is 0 Å². The molecule has 1 aromatic carbocycles. The first-order valence-corrected chi connectivity index (χ1v) is 8.22. The Bertz CT molecular complexity index is 467. The number of nitrogens with one attached hydrogen (secondary N) is 1. The van der Waals surface area contributed by atoms with Crippen LogP contribution in [0.3, 0.4) is 0 Å². The number of carbonyl (C=O) groups excluding carboxylic acids is 2. The van der Waals surface area contributed by atoms with E-state index in [1.165, 1.54) is 18.9 Å². The van der Waals surface area contributed by atoms with Crippen LogP contribution in [0.1, 0.15) is 11.6 Å². The van der Waals surface area contributed by atoms with Crippen molar-refractivity contribution >= 4 is 39.6 Å². The van der Waals surface area contributed by atoms with Crippen molar-refractivity contribution < 1.29 is 19.1 Å². The van der Waals surface area contributed by atoms with Crippen LogP contribution >= 0.6 is 27.7 Å². The van der Waals surface area contributed by atoms with Crippen LogP contribution in [0.2, 0.25) is 0 Å². The van der Waals surface area contributed by atoms with E-state index in [0.717, 1.165) is 10.2 Å². The van der Waals surface area contributed by atoms with Crippen LogP contribution in [0.5, 0.6) is 0 Å². The maximum Gasteiger partial charge on any atom is 0.333 e. The van der Waals surface area contributed by atoms with Crippen LogP contribution in [-0.4, -0.2) is 44.2 Å². The third-order valence-corrected chi connectivity index (χ3v) is 4.06. The second kappa shape index (κ2) is 9.81. The minimum absolute atomic E-state index is 0.213. The number of benzene rings is 1. The minimum atomic E-state index is -0.793. The highest BCUT2D eigenvalue weighted by Gasteiger charge is 2.23. The fraction of sp³-hybridized carbons (Fsp3) is 0.429. The summed E-state index contributed by atoms with van der Waals surface area (Å²) in [6, 6.07) is 6.36. The first kappa shape index (κ1) is 18.0. The molecule has 0 bridgehead atoms. The molecular weight excluding hydrogens is 358 g/mol. The molecule has 1 rings (SSSR count). The van der Waals surface area contributed by atoms with Gasteiger partial charge in [0.15, 0.2) is 6.04 Å². The van der Waals surface area contributed by atoms with Crippen molar-refractivity contribution in [1.29, 1.82) is 0 Å². The van der Waals surface area contributed by atoms with Gasteiger partial charge in [-0.25, -0.2) is 4.79 Å². The highest BCUT2D eigenvalue weighted by atomic mass is 79.9. The number of esters is 1. The molecule has 0 saturated carbocycles. The predicted octanol–water partition coefficient (Wildman–Crippen LogP) is 2.16. The lowest BCUT2D eigenvalue weighted by atomic mass is 10.1. The fourth-order valence-corrected chi connectivity index (χ4v) is 2.52. The Hall–Kier alpha value is -1.05. The molecule has 1 amide bonds. The van der Waals surface area contributed by atoms with E-state index in [-0.39, 0.29) is 11.7 Å². The predicted molar refractivity (Wildman–Crippen MR) is 86.2 cm³/mol. The SMILES string of the molecule is COCCSCC(=O)N[C@@H](C(=O)OC)c1ccc(Br)cc1. The third kappa shape index (κ3) is 6.50. The largest absolute Gasteiger partial charge is 0.467 e. The van der Waals surface area contributed by atoms with Gasteiger partial charge in [0.25, 0.3) is 0 Å². The number of rotatable bonds is 8. The summed E-state index contributed by atoms with van der Waals surface area (Å²) in [6.45, 7) is 0.588. The van der Waals surface area contributed by atoms with Gasteiger partial charge in [-0.15, -0.1) is 11.8 Å². The Morgan fingerprint density at radius 1 is 1.29 bits per heavy atom. The van der Waals surface area contributed by atoms with E-state index in [2.05, 4.69) is 21.2 Å². The second-order valence-electron chi connectivity index (χ2n) is 4.12. The first-order chi connectivity index (χ1) is 10.1. The van der Waals surface area contributed by atoms with Crippen molar-refractivity contribution in [3.8, 4) is 0 Å². The van der Waals surface area contributed by atoms with E-state index in [4.69, 9.17) is 9.47 Å². The maximum atomic E-state index is 11.9. The molecule has 0 spiro atoms. The average molecular weight is 376 g/mol. The number of amides is 1. The molecule has 0 aromatic heterocycles. The zero-order valence-electron chi connectivity index (χ0n) is 11.9. The van der Waals surface area contributed by atoms with Gasteiger partial charge in [-0.05, 0) is 17.7 Å². The van der Waals surface area contributed by atoms with Crippen LogP contribution < -0.4 is 5.32 Å². The van der Waals surface area contributed by atoms with Crippen molar-refractivity contribution in [3.05, 3.63) is 34.3 Å². The quantitative estimate of drug-likeness (QED) is 0.557. The van der Waals surface area contributed by atoms with E-state index in [1.54, 1.807) is 19.2 Å². The number of methoxy groups -OCH3 is 2. The van der Waals surface area contributed by atoms with Gasteiger partial charge in [0.1, 0.15) is 0 Å². The smallest absolute Gasteiger partial charge is 0.333 e. The molecule has 0 heterocycles. The lowest BCUT2D eigenvalue weighted by Gasteiger charge is -2.17. The molecule has 1 atom stereocenters. The van der Waals surface area contributed by atoms with Crippen molar-refractivity contribution in [2.75, 3.05) is 32.3 Å². The van der Waals surface area contributed by atoms with Crippen molar-refractivity contribution in [3.63, 3.8) is 0 Å². The molecule has 0 aliphatic rings. The van der Waals surface area contributed by atoms with Gasteiger partial charge in [0, 0.05) is 17.3 Å². The summed E-state index contributed by atoms with van der Waals surface area (Å²) in [5.41, 5.74) is 0.681. The van der Waals surface area contributed by atoms with Gasteiger partial charge in [-0.1, -0.05) is 28.1 Å². The van der Waals surface area contributed by atoms with Gasteiger partial charge in [-0.3, -0.25) is 4.79 Å². The fourth-order valence-electron chi connectivity index (χ4n) is 1.56. The Kier molecular flexibility index (Phi) is 8.41. The molecule has 21 heavy (non-hydrogen) atoms. The van der Waals surface area contributed by atoms with Gasteiger partial charge in [0.05, 0.1) is 19.5 Å². The molecule has 0 unspecified atom stereocenters. The second-order valence-corrected chi connectivity index (χ2v) is 6.14. The number of hydrogen-bond acceptors (Lipinski definition) is 5. The van der Waals surface area contributed by atoms with Crippen molar-refractivity contribution in [2.45, 2.75) is 6.04 Å². The molecule has 0 aliphatic heterocycles. The van der Waals surface area contributed by atoms with Crippen LogP contribution in [0.15, 0.2) is 28.7 Å². The normalized spacial score (nSPS) is 11.8. The Labute approximate surface area is 136 Å². The summed E-state index contributed by atoms with van der Waals surface area (Å²) in [5, 5.41) is 2.69. The Balaban J connectivity index is 2.64. The molecule has 1 aromatic rings. The van der Waals surface area contributed by atoms with Crippen LogP contribution in [0, 0.1) is 0 Å². The molecule has 1 N–H and O–H groups in total. The lowest BCUT2D eigenvalue weighted by Crippen LogP contribution is -2.35. The highest BCUT2D eigenvalue weighted by Crippen LogP contribution is 2.18. The minimum Gasteiger partial charge on any atom is -0.467 e. The van der Waals surface area contributed by atoms with Gasteiger partial charge in [0.2, 0.25) is 5.91 Å². The Morgan fingerprint density at radius 3 is 2.52 bits per heavy atom. The van der Waals surface area contributed by atoms with Gasteiger partial charge < -0.3 is 14.8 Å². The molecule has 0 saturated heterocycles. The summed E-state index contributed by atoms with van der Waals surface area (Å²) < 4.78 is 10.6. The van der Waals surface area contributed by atoms with Gasteiger partial charge in [-0.2, -0.15) is 0 Å². The van der Waals surface area contributed by atoms with Gasteiger partial charge >= 0.3 is 5.97 Å². The molecular formula is C14H18BrNO4S. The molecule has 0 radical (unpaired) electrons. The van der Waals surface area contributed by atoms with E-state index >= 15 is 0 Å². The Morgan fingerprint density at radius 2 is 1.95 bits per heavy atom. The summed E-state index contributed by atoms with van der Waals surface area (Å²) in [6.07, 6.45) is 0. The maximum absolute atomic E-state index is 11.9. The summed E-state index contributed by atoms with van der Waals surface area (Å²) in [7, 11) is 2.91. The summed E-state index contributed by atoms with van der Waals surface area (Å²) in [5.74, 6) is 0.292. The molecule has 116 valence electrons. The number of halogens is 1. The molecule has 0 fully saturated rings. The highest BCUT2D eigenvalue weighted by molar-refractivity contribution is 9.10. The van der Waals surface area contributed by atoms with E-state index < -0.39 is 12.0 Å². The van der Waals surface area contributed by atoms with E-state index in [9.17, 15) is 9.59 Å². The number of ether oxygens (including phenoxy) is 2. The molecule has 0 aliphatic carbocycles. The lowest BCUT2D eigenvalue weighted by molar-refractivity contribution is -0.145. The monoisotopic (exact) mass is 375 g/mol. The van der Waals surface area contributed by atoms with Crippen molar-refractivity contribution in [1.82, 2.24) is 5.32 Å². The average Bonchev–Trinajstić information content (AvgIpc) is 2.49. The number of carbonyl (C=O) groups is 2. The number of thioether (sulfide) groups is 1.